The van der Waals surface area contributed by atoms with Gasteiger partial charge in [0.1, 0.15) is 5.00 Å². The van der Waals surface area contributed by atoms with Gasteiger partial charge in [-0.2, -0.15) is 0 Å². The van der Waals surface area contributed by atoms with Crippen LogP contribution in [-0.4, -0.2) is 18.4 Å². The molecule has 0 radical (unpaired) electrons. The molecule has 6 nitrogen and oxygen atoms in total. The molecule has 0 spiro atoms. The van der Waals surface area contributed by atoms with E-state index in [1.165, 1.54) is 11.3 Å². The number of thiophene rings is 1. The Morgan fingerprint density at radius 2 is 2.07 bits per heavy atom. The minimum Gasteiger partial charge on any atom is -0.490 e. The third kappa shape index (κ3) is 3.38. The number of anilines is 1. The van der Waals surface area contributed by atoms with Gasteiger partial charge in [-0.05, 0) is 50.3 Å². The molecule has 1 aliphatic carbocycles. The van der Waals surface area contributed by atoms with Crippen LogP contribution in [-0.2, 0) is 12.8 Å². The minimum absolute atomic E-state index is 0.168. The van der Waals surface area contributed by atoms with Crippen molar-refractivity contribution in [2.75, 3.05) is 11.9 Å². The van der Waals surface area contributed by atoms with E-state index in [1.807, 2.05) is 19.1 Å². The van der Waals surface area contributed by atoms with Gasteiger partial charge >= 0.3 is 0 Å². The van der Waals surface area contributed by atoms with Gasteiger partial charge in [0.25, 0.3) is 11.8 Å². The molecule has 1 aromatic carbocycles. The number of carbonyl (C=O) groups is 2. The minimum atomic E-state index is -0.502. The second kappa shape index (κ2) is 7.67. The first-order chi connectivity index (χ1) is 13.6. The van der Waals surface area contributed by atoms with Gasteiger partial charge in [-0.15, -0.1) is 11.3 Å². The zero-order chi connectivity index (χ0) is 19.7. The summed E-state index contributed by atoms with van der Waals surface area (Å²) in [6, 6.07) is 7.19. The Balaban J connectivity index is 1.66. The molecule has 4 rings (SSSR count). The zero-order valence-corrected chi connectivity index (χ0v) is 16.5. The van der Waals surface area contributed by atoms with Crippen LogP contribution in [0, 0.1) is 0 Å². The predicted molar refractivity (Wildman–Crippen MR) is 109 cm³/mol. The number of amides is 2. The quantitative estimate of drug-likeness (QED) is 0.618. The van der Waals surface area contributed by atoms with Gasteiger partial charge in [-0.25, -0.2) is 0 Å². The molecule has 146 valence electrons. The monoisotopic (exact) mass is 398 g/mol. The number of fused-ring (bicyclic) bond motifs is 2. The van der Waals surface area contributed by atoms with Crippen molar-refractivity contribution < 1.29 is 18.7 Å². The Morgan fingerprint density at radius 1 is 1.25 bits per heavy atom. The number of para-hydroxylation sites is 1. The SMILES string of the molecule is CCOc1cccc2cc(C(=O)Nc3sc4c(c3C(N)=O)CCCCC4)oc12. The van der Waals surface area contributed by atoms with E-state index in [-0.39, 0.29) is 5.76 Å². The van der Waals surface area contributed by atoms with E-state index in [2.05, 4.69) is 5.32 Å². The van der Waals surface area contributed by atoms with Crippen LogP contribution in [0.3, 0.4) is 0 Å². The molecule has 0 saturated heterocycles. The van der Waals surface area contributed by atoms with E-state index in [0.717, 1.165) is 47.9 Å². The molecule has 3 N–H and O–H groups in total. The second-order valence-corrected chi connectivity index (χ2v) is 7.91. The maximum atomic E-state index is 12.8. The van der Waals surface area contributed by atoms with Crippen LogP contribution in [0.2, 0.25) is 0 Å². The molecule has 28 heavy (non-hydrogen) atoms. The van der Waals surface area contributed by atoms with Gasteiger partial charge < -0.3 is 20.2 Å². The highest BCUT2D eigenvalue weighted by molar-refractivity contribution is 7.17. The van der Waals surface area contributed by atoms with Gasteiger partial charge in [0, 0.05) is 10.3 Å². The number of nitrogens with two attached hydrogens (primary N) is 1. The van der Waals surface area contributed by atoms with E-state index < -0.39 is 11.8 Å². The number of carbonyl (C=O) groups excluding carboxylic acids is 2. The third-order valence-electron chi connectivity index (χ3n) is 4.93. The fourth-order valence-electron chi connectivity index (χ4n) is 3.67. The Bertz CT molecular complexity index is 1050. The number of nitrogens with one attached hydrogen (secondary N) is 1. The summed E-state index contributed by atoms with van der Waals surface area (Å²) in [6.45, 7) is 2.39. The highest BCUT2D eigenvalue weighted by Gasteiger charge is 2.25. The van der Waals surface area contributed by atoms with Crippen LogP contribution in [0.4, 0.5) is 5.00 Å². The number of ether oxygens (including phenoxy) is 1. The van der Waals surface area contributed by atoms with Gasteiger partial charge in [0.05, 0.1) is 12.2 Å². The summed E-state index contributed by atoms with van der Waals surface area (Å²) in [5.41, 5.74) is 7.61. The molecule has 0 fully saturated rings. The van der Waals surface area contributed by atoms with Crippen molar-refractivity contribution in [3.63, 3.8) is 0 Å². The molecule has 2 amide bonds. The number of aryl methyl sites for hydroxylation is 1. The van der Waals surface area contributed by atoms with Crippen molar-refractivity contribution >= 4 is 39.1 Å². The third-order valence-corrected chi connectivity index (χ3v) is 6.13. The molecule has 0 unspecified atom stereocenters. The summed E-state index contributed by atoms with van der Waals surface area (Å²) in [6.07, 6.45) is 4.99. The van der Waals surface area contributed by atoms with Crippen LogP contribution in [0.1, 0.15) is 57.5 Å². The van der Waals surface area contributed by atoms with Gasteiger partial charge in [-0.3, -0.25) is 9.59 Å². The molecule has 3 aromatic rings. The van der Waals surface area contributed by atoms with E-state index in [0.29, 0.717) is 28.5 Å². The summed E-state index contributed by atoms with van der Waals surface area (Å²) in [4.78, 5) is 26.0. The van der Waals surface area contributed by atoms with Gasteiger partial charge in [0.15, 0.2) is 17.1 Å². The molecule has 2 heterocycles. The van der Waals surface area contributed by atoms with E-state index in [1.54, 1.807) is 12.1 Å². The van der Waals surface area contributed by atoms with Crippen molar-refractivity contribution in [1.29, 1.82) is 0 Å². The van der Waals surface area contributed by atoms with Crippen LogP contribution in [0.25, 0.3) is 11.0 Å². The van der Waals surface area contributed by atoms with Gasteiger partial charge in [-0.1, -0.05) is 18.6 Å². The fourth-order valence-corrected chi connectivity index (χ4v) is 4.96. The van der Waals surface area contributed by atoms with E-state index in [9.17, 15) is 9.59 Å². The largest absolute Gasteiger partial charge is 0.490 e. The van der Waals surface area contributed by atoms with E-state index >= 15 is 0 Å². The lowest BCUT2D eigenvalue weighted by molar-refractivity contribution is 0.0999. The van der Waals surface area contributed by atoms with Crippen molar-refractivity contribution in [2.45, 2.75) is 39.0 Å². The lowest BCUT2D eigenvalue weighted by Crippen LogP contribution is -2.17. The first kappa shape index (κ1) is 18.6. The number of rotatable bonds is 5. The predicted octanol–water partition coefficient (Wildman–Crippen LogP) is 4.51. The molecule has 0 atom stereocenters. The lowest BCUT2D eigenvalue weighted by Gasteiger charge is -2.05. The van der Waals surface area contributed by atoms with E-state index in [4.69, 9.17) is 14.9 Å². The highest BCUT2D eigenvalue weighted by Crippen LogP contribution is 2.38. The summed E-state index contributed by atoms with van der Waals surface area (Å²) < 4.78 is 11.3. The average Bonchev–Trinajstić information content (AvgIpc) is 3.17. The summed E-state index contributed by atoms with van der Waals surface area (Å²) in [5, 5.41) is 4.14. The Hall–Kier alpha value is -2.80. The zero-order valence-electron chi connectivity index (χ0n) is 15.7. The van der Waals surface area contributed by atoms with Crippen LogP contribution < -0.4 is 15.8 Å². The Kier molecular flexibility index (Phi) is 5.09. The molecule has 0 aliphatic heterocycles. The smallest absolute Gasteiger partial charge is 0.292 e. The standard InChI is InChI=1S/C21H22N2O4S/c1-2-26-14-9-6-7-12-11-15(27-18(12)14)20(25)23-21-17(19(22)24)13-8-4-3-5-10-16(13)28-21/h6-7,9,11H,2-5,8,10H2,1H3,(H2,22,24)(H,23,25). The molecular weight excluding hydrogens is 376 g/mol. The lowest BCUT2D eigenvalue weighted by atomic mass is 10.1. The number of benzene rings is 1. The first-order valence-electron chi connectivity index (χ1n) is 9.49. The molecule has 0 bridgehead atoms. The normalized spacial score (nSPS) is 13.8. The van der Waals surface area contributed by atoms with Crippen molar-refractivity contribution in [3.8, 4) is 5.75 Å². The molecular formula is C21H22N2O4S. The Morgan fingerprint density at radius 3 is 2.86 bits per heavy atom. The number of hydrogen-bond donors (Lipinski definition) is 2. The topological polar surface area (TPSA) is 94.6 Å². The Labute approximate surface area is 166 Å². The second-order valence-electron chi connectivity index (χ2n) is 6.81. The molecule has 7 heteroatoms. The van der Waals surface area contributed by atoms with Crippen molar-refractivity contribution in [2.24, 2.45) is 5.73 Å². The highest BCUT2D eigenvalue weighted by atomic mass is 32.1. The summed E-state index contributed by atoms with van der Waals surface area (Å²) in [5.74, 6) is -0.142. The average molecular weight is 398 g/mol. The van der Waals surface area contributed by atoms with Crippen molar-refractivity contribution in [3.05, 3.63) is 46.0 Å². The number of furan rings is 1. The first-order valence-corrected chi connectivity index (χ1v) is 10.3. The molecule has 1 aliphatic rings. The van der Waals surface area contributed by atoms with Crippen molar-refractivity contribution in [1.82, 2.24) is 0 Å². The van der Waals surface area contributed by atoms with Crippen LogP contribution in [0.5, 0.6) is 5.75 Å². The maximum absolute atomic E-state index is 12.8. The summed E-state index contributed by atoms with van der Waals surface area (Å²) in [7, 11) is 0. The van der Waals surface area contributed by atoms with Gasteiger partial charge in [0.2, 0.25) is 0 Å². The van der Waals surface area contributed by atoms with Crippen LogP contribution >= 0.6 is 11.3 Å². The summed E-state index contributed by atoms with van der Waals surface area (Å²) >= 11 is 1.45. The molecule has 0 saturated carbocycles. The number of hydrogen-bond acceptors (Lipinski definition) is 5. The van der Waals surface area contributed by atoms with Crippen LogP contribution in [0.15, 0.2) is 28.7 Å². The molecule has 2 aromatic heterocycles. The number of primary amides is 1. The fraction of sp³-hybridized carbons (Fsp3) is 0.333. The maximum Gasteiger partial charge on any atom is 0.292 e.